The van der Waals surface area contributed by atoms with Gasteiger partial charge in [-0.25, -0.2) is 9.59 Å². The molecule has 4 atom stereocenters. The van der Waals surface area contributed by atoms with E-state index in [1.807, 2.05) is 0 Å². The maximum absolute atomic E-state index is 12.0. The van der Waals surface area contributed by atoms with Gasteiger partial charge in [-0.15, -0.1) is 0 Å². The van der Waals surface area contributed by atoms with E-state index >= 15 is 0 Å². The van der Waals surface area contributed by atoms with Crippen LogP contribution in [0.3, 0.4) is 0 Å². The Morgan fingerprint density at radius 2 is 1.28 bits per heavy atom. The van der Waals surface area contributed by atoms with Gasteiger partial charge in [-0.05, 0) is 118 Å². The van der Waals surface area contributed by atoms with E-state index in [4.69, 9.17) is 24.4 Å². The summed E-state index contributed by atoms with van der Waals surface area (Å²) in [6.07, 6.45) is 17.8. The number of unbranched alkanes of at least 4 members (excludes halogenated alkanes) is 2. The van der Waals surface area contributed by atoms with Gasteiger partial charge in [0.1, 0.15) is 0 Å². The highest BCUT2D eigenvalue weighted by molar-refractivity contribution is 5.88. The van der Waals surface area contributed by atoms with Gasteiger partial charge in [-0.1, -0.05) is 57.2 Å². The average Bonchev–Trinajstić information content (AvgIpc) is 3.10. The van der Waals surface area contributed by atoms with Crippen LogP contribution < -0.4 is 0 Å². The summed E-state index contributed by atoms with van der Waals surface area (Å²) in [4.78, 5) is 24.0. The monoisotopic (exact) mass is 638 g/mol. The van der Waals surface area contributed by atoms with Crippen molar-refractivity contribution in [1.82, 2.24) is 0 Å². The molecule has 0 amide bonds. The first-order chi connectivity index (χ1) is 22.3. The number of aliphatic hydroxyl groups is 2. The molecular formula is C39H58O7. The lowest BCUT2D eigenvalue weighted by atomic mass is 9.60. The van der Waals surface area contributed by atoms with E-state index in [0.29, 0.717) is 0 Å². The summed E-state index contributed by atoms with van der Waals surface area (Å²) in [7, 11) is 0. The molecule has 7 nitrogen and oxygen atoms in total. The molecule has 3 aliphatic rings. The Labute approximate surface area is 276 Å². The zero-order valence-corrected chi connectivity index (χ0v) is 28.1. The molecule has 46 heavy (non-hydrogen) atoms. The van der Waals surface area contributed by atoms with E-state index in [1.165, 1.54) is 82.6 Å². The number of esters is 2. The lowest BCUT2D eigenvalue weighted by Crippen LogP contribution is -2.35. The fourth-order valence-corrected chi connectivity index (χ4v) is 8.06. The summed E-state index contributed by atoms with van der Waals surface area (Å²) in [5, 5.41) is 18.3. The molecule has 1 aromatic rings. The van der Waals surface area contributed by atoms with Crippen LogP contribution in [0.2, 0.25) is 0 Å². The highest BCUT2D eigenvalue weighted by atomic mass is 16.6. The Hall–Kier alpha value is -2.48. The molecule has 0 saturated heterocycles. The Morgan fingerprint density at radius 3 is 1.87 bits per heavy atom. The van der Waals surface area contributed by atoms with E-state index in [-0.39, 0.29) is 43.0 Å². The van der Waals surface area contributed by atoms with E-state index in [9.17, 15) is 9.59 Å². The molecule has 3 aliphatic carbocycles. The number of rotatable bonds is 17. The van der Waals surface area contributed by atoms with Crippen molar-refractivity contribution in [2.75, 3.05) is 33.0 Å². The maximum atomic E-state index is 12.0. The van der Waals surface area contributed by atoms with Crippen LogP contribution in [0, 0.1) is 29.6 Å². The van der Waals surface area contributed by atoms with Crippen molar-refractivity contribution in [2.24, 2.45) is 29.6 Å². The van der Waals surface area contributed by atoms with Crippen LogP contribution in [-0.2, 0) is 30.2 Å². The number of aliphatic hydroxyl groups excluding tert-OH is 2. The molecule has 0 bridgehead atoms. The molecule has 4 unspecified atom stereocenters. The van der Waals surface area contributed by atoms with Crippen LogP contribution in [0.25, 0.3) is 0 Å². The Bertz CT molecular complexity index is 1090. The molecule has 3 saturated carbocycles. The predicted molar refractivity (Wildman–Crippen MR) is 180 cm³/mol. The number of ether oxygens (including phenoxy) is 3. The van der Waals surface area contributed by atoms with E-state index in [0.717, 1.165) is 42.4 Å². The first kappa shape index (κ1) is 36.4. The Balaban J connectivity index is 1.19. The van der Waals surface area contributed by atoms with Crippen LogP contribution in [0.5, 0.6) is 0 Å². The maximum Gasteiger partial charge on any atom is 0.335 e. The van der Waals surface area contributed by atoms with E-state index in [2.05, 4.69) is 44.3 Å². The van der Waals surface area contributed by atoms with Gasteiger partial charge < -0.3 is 24.4 Å². The molecule has 0 aliphatic heterocycles. The van der Waals surface area contributed by atoms with Crippen molar-refractivity contribution in [3.05, 3.63) is 59.7 Å². The van der Waals surface area contributed by atoms with Gasteiger partial charge in [0.25, 0.3) is 0 Å². The van der Waals surface area contributed by atoms with Gasteiger partial charge in [0.15, 0.2) is 0 Å². The summed E-state index contributed by atoms with van der Waals surface area (Å²) in [6.45, 7) is 8.52. The molecule has 0 spiro atoms. The fourth-order valence-electron chi connectivity index (χ4n) is 8.06. The molecule has 0 radical (unpaired) electrons. The third-order valence-corrected chi connectivity index (χ3v) is 11.0. The molecular weight excluding hydrogens is 580 g/mol. The third-order valence-electron chi connectivity index (χ3n) is 11.0. The quantitative estimate of drug-likeness (QED) is 0.107. The number of aryl methyl sites for hydroxylation is 1. The largest absolute Gasteiger partial charge is 0.462 e. The van der Waals surface area contributed by atoms with Crippen molar-refractivity contribution in [3.8, 4) is 0 Å². The van der Waals surface area contributed by atoms with Crippen LogP contribution >= 0.6 is 0 Å². The van der Waals surface area contributed by atoms with Crippen molar-refractivity contribution in [3.63, 3.8) is 0 Å². The highest BCUT2D eigenvalue weighted by Gasteiger charge is 2.39. The van der Waals surface area contributed by atoms with Crippen LogP contribution in [0.4, 0.5) is 0 Å². The van der Waals surface area contributed by atoms with Crippen LogP contribution in [0.1, 0.15) is 107 Å². The van der Waals surface area contributed by atoms with Gasteiger partial charge >= 0.3 is 11.9 Å². The standard InChI is InChI=1S/C39H58O7/c1-4-5-6-7-29-8-10-31(11-9-29)33-12-14-36-21-34(13-15-35(36)20-33)32-16-18-37(19-17-32)44-24-30(25-45-38(42)27(2)22-40)26-46-39(43)28(3)23-41/h8-11,30,32-37,40-41H,2-7,12-26H2,1H3. The summed E-state index contributed by atoms with van der Waals surface area (Å²) < 4.78 is 16.8. The lowest BCUT2D eigenvalue weighted by molar-refractivity contribution is -0.146. The Morgan fingerprint density at radius 1 is 0.739 bits per heavy atom. The average molecular weight is 639 g/mol. The minimum atomic E-state index is -0.686. The van der Waals surface area contributed by atoms with Crippen molar-refractivity contribution in [2.45, 2.75) is 109 Å². The molecule has 4 rings (SSSR count). The number of hydrogen-bond donors (Lipinski definition) is 2. The molecule has 3 fully saturated rings. The van der Waals surface area contributed by atoms with Crippen molar-refractivity contribution in [1.29, 1.82) is 0 Å². The first-order valence-electron chi connectivity index (χ1n) is 17.9. The smallest absolute Gasteiger partial charge is 0.335 e. The zero-order chi connectivity index (χ0) is 32.9. The van der Waals surface area contributed by atoms with Gasteiger partial charge in [-0.2, -0.15) is 0 Å². The second kappa shape index (κ2) is 18.8. The Kier molecular flexibility index (Phi) is 14.8. The minimum absolute atomic E-state index is 0.0259. The van der Waals surface area contributed by atoms with Crippen molar-refractivity contribution >= 4 is 11.9 Å². The first-order valence-corrected chi connectivity index (χ1v) is 17.9. The number of benzene rings is 1. The number of carbonyl (C=O) groups excluding carboxylic acids is 2. The second-order valence-electron chi connectivity index (χ2n) is 14.3. The summed E-state index contributed by atoms with van der Waals surface area (Å²) in [6, 6.07) is 9.60. The molecule has 7 heteroatoms. The summed E-state index contributed by atoms with van der Waals surface area (Å²) >= 11 is 0. The van der Waals surface area contributed by atoms with Gasteiger partial charge in [0.2, 0.25) is 0 Å². The summed E-state index contributed by atoms with van der Waals surface area (Å²) in [5.41, 5.74) is 2.98. The highest BCUT2D eigenvalue weighted by Crippen LogP contribution is 2.50. The normalized spacial score (nSPS) is 26.3. The zero-order valence-electron chi connectivity index (χ0n) is 28.1. The predicted octanol–water partition coefficient (Wildman–Crippen LogP) is 7.09. The van der Waals surface area contributed by atoms with Crippen LogP contribution in [0.15, 0.2) is 48.6 Å². The van der Waals surface area contributed by atoms with Gasteiger partial charge in [0, 0.05) is 0 Å². The molecule has 1 aromatic carbocycles. The minimum Gasteiger partial charge on any atom is -0.462 e. The topological polar surface area (TPSA) is 102 Å². The number of carbonyl (C=O) groups is 2. The molecule has 256 valence electrons. The third kappa shape index (κ3) is 10.8. The summed E-state index contributed by atoms with van der Waals surface area (Å²) in [5.74, 6) is 2.34. The van der Waals surface area contributed by atoms with Gasteiger partial charge in [0.05, 0.1) is 56.2 Å². The van der Waals surface area contributed by atoms with E-state index < -0.39 is 25.2 Å². The molecule has 0 aromatic heterocycles. The fraction of sp³-hybridized carbons (Fsp3) is 0.692. The number of hydrogen-bond acceptors (Lipinski definition) is 7. The second-order valence-corrected chi connectivity index (χ2v) is 14.3. The molecule has 2 N–H and O–H groups in total. The van der Waals surface area contributed by atoms with Crippen LogP contribution in [-0.4, -0.2) is 61.3 Å². The van der Waals surface area contributed by atoms with Gasteiger partial charge in [-0.3, -0.25) is 0 Å². The number of fused-ring (bicyclic) bond motifs is 1. The van der Waals surface area contributed by atoms with E-state index in [1.54, 1.807) is 5.56 Å². The lowest BCUT2D eigenvalue weighted by Gasteiger charge is -2.45. The SMILES string of the molecule is C=C(CO)C(=O)OCC(COC(=O)C(=C)CO)COC1CCC(C2CCC3CC(c4ccc(CCCCC)cc4)CCC3C2)CC1. The molecule has 0 heterocycles. The van der Waals surface area contributed by atoms with Crippen molar-refractivity contribution < 1.29 is 34.0 Å².